The van der Waals surface area contributed by atoms with E-state index in [0.29, 0.717) is 0 Å². The van der Waals surface area contributed by atoms with Gasteiger partial charge in [-0.1, -0.05) is 0 Å². The van der Waals surface area contributed by atoms with E-state index in [0.717, 1.165) is 0 Å². The zero-order valence-corrected chi connectivity index (χ0v) is 9.56. The van der Waals surface area contributed by atoms with Crippen molar-refractivity contribution in [3.8, 4) is 6.07 Å². The van der Waals surface area contributed by atoms with Gasteiger partial charge >= 0.3 is 0 Å². The van der Waals surface area contributed by atoms with Crippen LogP contribution in [0.4, 0.5) is 0 Å². The molecule has 1 unspecified atom stereocenters. The van der Waals surface area contributed by atoms with Crippen LogP contribution in [0.1, 0.15) is 12.8 Å². The Bertz CT molecular complexity index is 331. The fourth-order valence-corrected chi connectivity index (χ4v) is 1.68. The molecule has 1 rings (SSSR count). The van der Waals surface area contributed by atoms with E-state index in [1.165, 1.54) is 0 Å². The van der Waals surface area contributed by atoms with E-state index < -0.39 is 43.2 Å². The van der Waals surface area contributed by atoms with Crippen molar-refractivity contribution >= 4 is 5.91 Å². The van der Waals surface area contributed by atoms with Crippen LogP contribution in [-0.4, -0.2) is 63.6 Å². The van der Waals surface area contributed by atoms with Gasteiger partial charge in [-0.15, -0.1) is 0 Å². The van der Waals surface area contributed by atoms with Gasteiger partial charge in [-0.2, -0.15) is 5.26 Å². The van der Waals surface area contributed by atoms with Gasteiger partial charge in [0, 0.05) is 12.8 Å². The number of carbonyl (C=O) groups is 1. The third kappa shape index (κ3) is 3.38. The highest BCUT2D eigenvalue weighted by Crippen LogP contribution is 2.19. The molecule has 0 aromatic rings. The molecule has 1 aliphatic rings. The summed E-state index contributed by atoms with van der Waals surface area (Å²) in [5.74, 6) is -0.544. The van der Waals surface area contributed by atoms with Crippen molar-refractivity contribution in [2.45, 2.75) is 43.5 Å². The third-order valence-corrected chi connectivity index (χ3v) is 2.69. The summed E-state index contributed by atoms with van der Waals surface area (Å²) in [6.07, 6.45) is -5.59. The molecule has 0 aromatic carbocycles. The van der Waals surface area contributed by atoms with Gasteiger partial charge < -0.3 is 30.5 Å². The molecule has 18 heavy (non-hydrogen) atoms. The number of nitrogens with zero attached hydrogens (tertiary/aromatic N) is 1. The van der Waals surface area contributed by atoms with Crippen LogP contribution in [-0.2, 0) is 9.53 Å². The van der Waals surface area contributed by atoms with Crippen LogP contribution in [0, 0.1) is 11.3 Å². The van der Waals surface area contributed by atoms with Crippen LogP contribution >= 0.6 is 0 Å². The van der Waals surface area contributed by atoms with E-state index in [2.05, 4.69) is 5.32 Å². The maximum atomic E-state index is 11.3. The van der Waals surface area contributed by atoms with Crippen molar-refractivity contribution in [3.05, 3.63) is 0 Å². The maximum absolute atomic E-state index is 11.3. The second kappa shape index (κ2) is 6.63. The van der Waals surface area contributed by atoms with Gasteiger partial charge in [-0.05, 0) is 0 Å². The minimum atomic E-state index is -1.54. The van der Waals surface area contributed by atoms with Gasteiger partial charge in [-0.3, -0.25) is 4.79 Å². The van der Waals surface area contributed by atoms with Crippen LogP contribution in [0.15, 0.2) is 0 Å². The molecule has 1 saturated heterocycles. The smallest absolute Gasteiger partial charge is 0.221 e. The molecular formula is C10H16N2O6. The summed E-state index contributed by atoms with van der Waals surface area (Å²) >= 11 is 0. The lowest BCUT2D eigenvalue weighted by molar-refractivity contribution is -0.253. The quantitative estimate of drug-likeness (QED) is 0.367. The minimum Gasteiger partial charge on any atom is -0.394 e. The molecule has 1 heterocycles. The molecule has 1 amide bonds. The monoisotopic (exact) mass is 260 g/mol. The predicted octanol–water partition coefficient (Wildman–Crippen LogP) is -2.79. The zero-order chi connectivity index (χ0) is 13.7. The molecule has 0 radical (unpaired) electrons. The Hall–Kier alpha value is -1.24. The lowest BCUT2D eigenvalue weighted by atomic mass is 9.97. The first kappa shape index (κ1) is 14.8. The average molecular weight is 260 g/mol. The Kier molecular flexibility index (Phi) is 5.46. The SMILES string of the molecule is N#CCCC(=O)N[C@@H]1C(O)O[C@H](CO)[C@@H](O)[C@@H]1O. The molecule has 5 atom stereocenters. The summed E-state index contributed by atoms with van der Waals surface area (Å²) in [5.41, 5.74) is 0. The fourth-order valence-electron chi connectivity index (χ4n) is 1.68. The number of carbonyl (C=O) groups excluding carboxylic acids is 1. The third-order valence-electron chi connectivity index (χ3n) is 2.69. The molecule has 102 valence electrons. The van der Waals surface area contributed by atoms with Crippen molar-refractivity contribution in [1.82, 2.24) is 5.32 Å². The largest absolute Gasteiger partial charge is 0.394 e. The highest BCUT2D eigenvalue weighted by Gasteiger charge is 2.44. The molecule has 0 spiro atoms. The van der Waals surface area contributed by atoms with Gasteiger partial charge in [0.1, 0.15) is 24.4 Å². The molecule has 5 N–H and O–H groups in total. The van der Waals surface area contributed by atoms with Crippen LogP contribution in [0.5, 0.6) is 0 Å². The number of amides is 1. The van der Waals surface area contributed by atoms with Gasteiger partial charge in [0.2, 0.25) is 5.91 Å². The van der Waals surface area contributed by atoms with E-state index >= 15 is 0 Å². The van der Waals surface area contributed by atoms with E-state index in [-0.39, 0.29) is 12.8 Å². The van der Waals surface area contributed by atoms with Crippen molar-refractivity contribution in [3.63, 3.8) is 0 Å². The second-order valence-corrected chi connectivity index (χ2v) is 3.98. The van der Waals surface area contributed by atoms with Gasteiger partial charge in [0.05, 0.1) is 12.7 Å². The van der Waals surface area contributed by atoms with E-state index in [4.69, 9.17) is 15.1 Å². The lowest BCUT2D eigenvalue weighted by Gasteiger charge is -2.40. The average Bonchev–Trinajstić information content (AvgIpc) is 2.36. The Balaban J connectivity index is 2.60. The van der Waals surface area contributed by atoms with E-state index in [9.17, 15) is 20.1 Å². The van der Waals surface area contributed by atoms with Crippen molar-refractivity contribution in [1.29, 1.82) is 5.26 Å². The number of rotatable bonds is 4. The van der Waals surface area contributed by atoms with Crippen LogP contribution in [0.2, 0.25) is 0 Å². The summed E-state index contributed by atoms with van der Waals surface area (Å²) in [6.45, 7) is -0.565. The summed E-state index contributed by atoms with van der Waals surface area (Å²) in [5, 5.41) is 48.3. The Labute approximate surface area is 103 Å². The Morgan fingerprint density at radius 2 is 2.00 bits per heavy atom. The Morgan fingerprint density at radius 1 is 1.33 bits per heavy atom. The van der Waals surface area contributed by atoms with Gasteiger partial charge in [0.25, 0.3) is 0 Å². The van der Waals surface area contributed by atoms with E-state index in [1.807, 2.05) is 0 Å². The number of aliphatic hydroxyl groups is 4. The summed E-state index contributed by atoms with van der Waals surface area (Å²) < 4.78 is 4.85. The lowest BCUT2D eigenvalue weighted by Crippen LogP contribution is -2.64. The zero-order valence-electron chi connectivity index (χ0n) is 9.56. The number of hydrogen-bond donors (Lipinski definition) is 5. The molecular weight excluding hydrogens is 244 g/mol. The van der Waals surface area contributed by atoms with Gasteiger partial charge in [-0.25, -0.2) is 0 Å². The number of nitrogens with one attached hydrogen (secondary N) is 1. The van der Waals surface area contributed by atoms with Crippen LogP contribution in [0.3, 0.4) is 0 Å². The van der Waals surface area contributed by atoms with Crippen LogP contribution in [0.25, 0.3) is 0 Å². The highest BCUT2D eigenvalue weighted by atomic mass is 16.6. The molecule has 1 aliphatic heterocycles. The fraction of sp³-hybridized carbons (Fsp3) is 0.800. The topological polar surface area (TPSA) is 143 Å². The molecule has 0 aliphatic carbocycles. The van der Waals surface area contributed by atoms with Crippen LogP contribution < -0.4 is 5.32 Å². The summed E-state index contributed by atoms with van der Waals surface area (Å²) in [4.78, 5) is 11.3. The van der Waals surface area contributed by atoms with Crippen molar-refractivity contribution in [2.75, 3.05) is 6.61 Å². The molecule has 1 fully saturated rings. The Morgan fingerprint density at radius 3 is 2.56 bits per heavy atom. The number of aliphatic hydroxyl groups excluding tert-OH is 4. The molecule has 0 bridgehead atoms. The second-order valence-electron chi connectivity index (χ2n) is 3.98. The predicted molar refractivity (Wildman–Crippen MR) is 56.8 cm³/mol. The first-order chi connectivity index (χ1) is 8.51. The number of ether oxygens (including phenoxy) is 1. The maximum Gasteiger partial charge on any atom is 0.221 e. The molecule has 8 nitrogen and oxygen atoms in total. The minimum absolute atomic E-state index is 0.00736. The first-order valence-electron chi connectivity index (χ1n) is 5.48. The number of hydrogen-bond acceptors (Lipinski definition) is 7. The van der Waals surface area contributed by atoms with Gasteiger partial charge in [0.15, 0.2) is 6.29 Å². The normalized spacial score (nSPS) is 35.8. The van der Waals surface area contributed by atoms with E-state index in [1.54, 1.807) is 6.07 Å². The first-order valence-corrected chi connectivity index (χ1v) is 5.48. The number of nitriles is 1. The summed E-state index contributed by atoms with van der Waals surface area (Å²) in [7, 11) is 0. The molecule has 0 saturated carbocycles. The molecule has 0 aromatic heterocycles. The standard InChI is InChI=1S/C10H16N2O6/c11-3-1-2-6(14)12-7-9(16)8(15)5(4-13)18-10(7)17/h5,7-10,13,15-17H,1-2,4H2,(H,12,14)/t5-,7+,8-,9-,10?/m1/s1. The van der Waals surface area contributed by atoms with Crippen molar-refractivity contribution < 1.29 is 30.0 Å². The summed E-state index contributed by atoms with van der Waals surface area (Å²) in [6, 6.07) is 0.584. The van der Waals surface area contributed by atoms with Crippen molar-refractivity contribution in [2.24, 2.45) is 0 Å². The molecule has 8 heteroatoms. The highest BCUT2D eigenvalue weighted by molar-refractivity contribution is 5.76.